The SMILES string of the molecule is O=C1COC(CO)C(F)(F)CN1. The fourth-order valence-corrected chi connectivity index (χ4v) is 0.866. The van der Waals surface area contributed by atoms with Crippen molar-refractivity contribution in [1.82, 2.24) is 5.32 Å². The third-order valence-corrected chi connectivity index (χ3v) is 1.57. The first-order chi connectivity index (χ1) is 5.56. The smallest absolute Gasteiger partial charge is 0.292 e. The quantitative estimate of drug-likeness (QED) is 0.552. The van der Waals surface area contributed by atoms with Crippen molar-refractivity contribution in [2.75, 3.05) is 19.8 Å². The van der Waals surface area contributed by atoms with Crippen LogP contribution in [0, 0.1) is 0 Å². The first kappa shape index (κ1) is 9.34. The number of hydrogen-bond donors (Lipinski definition) is 2. The van der Waals surface area contributed by atoms with Gasteiger partial charge in [-0.3, -0.25) is 4.79 Å². The molecule has 1 fully saturated rings. The number of alkyl halides is 2. The molecule has 0 aliphatic carbocycles. The van der Waals surface area contributed by atoms with Crippen molar-refractivity contribution in [2.45, 2.75) is 12.0 Å². The van der Waals surface area contributed by atoms with E-state index in [0.717, 1.165) is 0 Å². The van der Waals surface area contributed by atoms with Gasteiger partial charge in [0.25, 0.3) is 5.92 Å². The van der Waals surface area contributed by atoms with Gasteiger partial charge in [0.2, 0.25) is 5.91 Å². The lowest BCUT2D eigenvalue weighted by Gasteiger charge is -2.21. The lowest BCUT2D eigenvalue weighted by molar-refractivity contribution is -0.142. The molecule has 6 heteroatoms. The van der Waals surface area contributed by atoms with E-state index in [9.17, 15) is 13.6 Å². The molecule has 1 amide bonds. The molecule has 0 saturated carbocycles. The Morgan fingerprint density at radius 1 is 1.75 bits per heavy atom. The predicted molar refractivity (Wildman–Crippen MR) is 34.8 cm³/mol. The summed E-state index contributed by atoms with van der Waals surface area (Å²) in [4.78, 5) is 10.6. The minimum Gasteiger partial charge on any atom is -0.393 e. The van der Waals surface area contributed by atoms with Gasteiger partial charge in [0.05, 0.1) is 13.2 Å². The zero-order valence-electron chi connectivity index (χ0n) is 6.22. The van der Waals surface area contributed by atoms with Gasteiger partial charge in [0.15, 0.2) is 0 Å². The van der Waals surface area contributed by atoms with Gasteiger partial charge in [-0.2, -0.15) is 0 Å². The highest BCUT2D eigenvalue weighted by Gasteiger charge is 2.42. The topological polar surface area (TPSA) is 58.6 Å². The lowest BCUT2D eigenvalue weighted by Crippen LogP contribution is -2.43. The summed E-state index contributed by atoms with van der Waals surface area (Å²) in [7, 11) is 0. The van der Waals surface area contributed by atoms with E-state index in [1.54, 1.807) is 0 Å². The fourth-order valence-electron chi connectivity index (χ4n) is 0.866. The number of carbonyl (C=O) groups is 1. The second kappa shape index (κ2) is 3.32. The maximum atomic E-state index is 12.8. The summed E-state index contributed by atoms with van der Waals surface area (Å²) in [6.07, 6.45) is -1.59. The number of carbonyl (C=O) groups excluding carboxylic acids is 1. The van der Waals surface area contributed by atoms with Crippen LogP contribution in [0.2, 0.25) is 0 Å². The summed E-state index contributed by atoms with van der Waals surface area (Å²) in [6, 6.07) is 0. The molecule has 0 spiro atoms. The van der Waals surface area contributed by atoms with E-state index >= 15 is 0 Å². The molecule has 1 unspecified atom stereocenters. The Morgan fingerprint density at radius 3 is 3.00 bits per heavy atom. The third-order valence-electron chi connectivity index (χ3n) is 1.57. The van der Waals surface area contributed by atoms with E-state index in [-0.39, 0.29) is 0 Å². The fraction of sp³-hybridized carbons (Fsp3) is 0.833. The number of halogens is 2. The summed E-state index contributed by atoms with van der Waals surface area (Å²) in [5.74, 6) is -3.79. The lowest BCUT2D eigenvalue weighted by atomic mass is 10.2. The largest absolute Gasteiger partial charge is 0.393 e. The molecule has 0 aromatic heterocycles. The Labute approximate surface area is 67.5 Å². The Balaban J connectivity index is 2.66. The average molecular weight is 181 g/mol. The number of nitrogens with one attached hydrogen (secondary N) is 1. The number of hydrogen-bond acceptors (Lipinski definition) is 3. The molecule has 0 aromatic carbocycles. The van der Waals surface area contributed by atoms with Crippen molar-refractivity contribution in [3.05, 3.63) is 0 Å². The highest BCUT2D eigenvalue weighted by atomic mass is 19.3. The predicted octanol–water partition coefficient (Wildman–Crippen LogP) is -0.871. The van der Waals surface area contributed by atoms with Crippen LogP contribution in [-0.4, -0.2) is 42.8 Å². The average Bonchev–Trinajstić information content (AvgIpc) is 2.12. The van der Waals surface area contributed by atoms with Crippen LogP contribution < -0.4 is 5.32 Å². The summed E-state index contributed by atoms with van der Waals surface area (Å²) >= 11 is 0. The molecule has 1 aliphatic heterocycles. The van der Waals surface area contributed by atoms with Crippen LogP contribution >= 0.6 is 0 Å². The molecular formula is C6H9F2NO3. The third kappa shape index (κ3) is 1.89. The first-order valence-electron chi connectivity index (χ1n) is 3.43. The molecule has 0 radical (unpaired) electrons. The summed E-state index contributed by atoms with van der Waals surface area (Å²) < 4.78 is 30.1. The molecule has 70 valence electrons. The van der Waals surface area contributed by atoms with Gasteiger partial charge < -0.3 is 15.2 Å². The Bertz CT molecular complexity index is 186. The van der Waals surface area contributed by atoms with Crippen molar-refractivity contribution >= 4 is 5.91 Å². The molecule has 0 aromatic rings. The monoisotopic (exact) mass is 181 g/mol. The van der Waals surface area contributed by atoms with Crippen LogP contribution in [-0.2, 0) is 9.53 Å². The van der Waals surface area contributed by atoms with Crippen LogP contribution in [0.1, 0.15) is 0 Å². The molecule has 2 N–H and O–H groups in total. The number of rotatable bonds is 1. The van der Waals surface area contributed by atoms with Gasteiger partial charge in [-0.1, -0.05) is 0 Å². The van der Waals surface area contributed by atoms with Crippen molar-refractivity contribution in [3.63, 3.8) is 0 Å². The highest BCUT2D eigenvalue weighted by Crippen LogP contribution is 2.21. The van der Waals surface area contributed by atoms with Crippen LogP contribution in [0.15, 0.2) is 0 Å². The highest BCUT2D eigenvalue weighted by molar-refractivity contribution is 5.77. The second-order valence-corrected chi connectivity index (χ2v) is 2.52. The van der Waals surface area contributed by atoms with E-state index in [1.807, 2.05) is 5.32 Å². The first-order valence-corrected chi connectivity index (χ1v) is 3.43. The van der Waals surface area contributed by atoms with E-state index in [4.69, 9.17) is 5.11 Å². The van der Waals surface area contributed by atoms with Gasteiger partial charge >= 0.3 is 0 Å². The Kier molecular flexibility index (Phi) is 2.58. The zero-order valence-corrected chi connectivity index (χ0v) is 6.22. The molecule has 1 atom stereocenters. The molecular weight excluding hydrogens is 172 g/mol. The normalized spacial score (nSPS) is 29.2. The van der Waals surface area contributed by atoms with Crippen molar-refractivity contribution in [2.24, 2.45) is 0 Å². The number of amides is 1. The standard InChI is InChI=1S/C6H9F2NO3/c7-6(8)3-9-5(11)2-12-4(6)1-10/h4,10H,1-3H2,(H,9,11). The van der Waals surface area contributed by atoms with E-state index in [2.05, 4.69) is 4.74 Å². The van der Waals surface area contributed by atoms with Crippen LogP contribution in [0.3, 0.4) is 0 Å². The molecule has 1 saturated heterocycles. The van der Waals surface area contributed by atoms with Crippen LogP contribution in [0.4, 0.5) is 8.78 Å². The number of ether oxygens (including phenoxy) is 1. The van der Waals surface area contributed by atoms with E-state index in [1.165, 1.54) is 0 Å². The minimum atomic E-state index is -3.19. The van der Waals surface area contributed by atoms with Gasteiger partial charge in [0.1, 0.15) is 12.7 Å². The molecule has 1 heterocycles. The molecule has 1 rings (SSSR count). The van der Waals surface area contributed by atoms with Crippen molar-refractivity contribution < 1.29 is 23.4 Å². The molecule has 4 nitrogen and oxygen atoms in total. The Morgan fingerprint density at radius 2 is 2.42 bits per heavy atom. The summed E-state index contributed by atoms with van der Waals surface area (Å²) in [5.41, 5.74) is 0. The summed E-state index contributed by atoms with van der Waals surface area (Å²) in [6.45, 7) is -2.00. The van der Waals surface area contributed by atoms with Gasteiger partial charge in [-0.25, -0.2) is 8.78 Å². The van der Waals surface area contributed by atoms with Crippen LogP contribution in [0.25, 0.3) is 0 Å². The van der Waals surface area contributed by atoms with Crippen molar-refractivity contribution in [3.8, 4) is 0 Å². The van der Waals surface area contributed by atoms with Crippen LogP contribution in [0.5, 0.6) is 0 Å². The second-order valence-electron chi connectivity index (χ2n) is 2.52. The van der Waals surface area contributed by atoms with E-state index < -0.39 is 37.7 Å². The number of aliphatic hydroxyl groups is 1. The van der Waals surface area contributed by atoms with Gasteiger partial charge in [-0.05, 0) is 0 Å². The summed E-state index contributed by atoms with van der Waals surface area (Å²) in [5, 5.41) is 10.5. The Hall–Kier alpha value is -0.750. The zero-order chi connectivity index (χ0) is 9.19. The number of aliphatic hydroxyl groups excluding tert-OH is 1. The molecule has 1 aliphatic rings. The minimum absolute atomic E-state index is 0.430. The molecule has 0 bridgehead atoms. The van der Waals surface area contributed by atoms with Gasteiger partial charge in [-0.15, -0.1) is 0 Å². The maximum Gasteiger partial charge on any atom is 0.292 e. The van der Waals surface area contributed by atoms with Gasteiger partial charge in [0, 0.05) is 0 Å². The van der Waals surface area contributed by atoms with E-state index in [0.29, 0.717) is 0 Å². The maximum absolute atomic E-state index is 12.8. The molecule has 12 heavy (non-hydrogen) atoms. The van der Waals surface area contributed by atoms with Crippen molar-refractivity contribution in [1.29, 1.82) is 0 Å².